The van der Waals surface area contributed by atoms with E-state index in [-0.39, 0.29) is 42.2 Å². The number of carbonyl (C=O) groups is 2. The van der Waals surface area contributed by atoms with E-state index in [1.54, 1.807) is 16.7 Å². The minimum atomic E-state index is -0.256. The molecule has 1 unspecified atom stereocenters. The van der Waals surface area contributed by atoms with Gasteiger partial charge < -0.3 is 16.0 Å². The summed E-state index contributed by atoms with van der Waals surface area (Å²) in [5, 5.41) is 3.12. The van der Waals surface area contributed by atoms with E-state index in [1.807, 2.05) is 30.5 Å². The molecule has 1 saturated carbocycles. The standard InChI is InChI=1S/C18H25N3O2S.ClH/c1-24-16-8-6-15(7-9-16)21-11-12(10-17(21)22)18(23)20-14-4-2-13(19)3-5-14;/h6-9,12-14H,2-5,10-11,19H2,1H3,(H,20,23);1H. The largest absolute Gasteiger partial charge is 0.353 e. The van der Waals surface area contributed by atoms with Gasteiger partial charge in [0.2, 0.25) is 11.8 Å². The molecule has 1 heterocycles. The minimum absolute atomic E-state index is 0. The first kappa shape index (κ1) is 20.1. The van der Waals surface area contributed by atoms with Crippen LogP contribution in [0.4, 0.5) is 5.69 Å². The van der Waals surface area contributed by atoms with E-state index < -0.39 is 0 Å². The lowest BCUT2D eigenvalue weighted by molar-refractivity contribution is -0.127. The van der Waals surface area contributed by atoms with Crippen LogP contribution in [0.1, 0.15) is 32.1 Å². The van der Waals surface area contributed by atoms with E-state index in [0.717, 1.165) is 36.3 Å². The fraction of sp³-hybridized carbons (Fsp3) is 0.556. The summed E-state index contributed by atoms with van der Waals surface area (Å²) < 4.78 is 0. The Morgan fingerprint density at radius 1 is 1.20 bits per heavy atom. The van der Waals surface area contributed by atoms with Crippen molar-refractivity contribution < 1.29 is 9.59 Å². The van der Waals surface area contributed by atoms with Crippen LogP contribution in [0.15, 0.2) is 29.2 Å². The van der Waals surface area contributed by atoms with Gasteiger partial charge in [0.15, 0.2) is 0 Å². The van der Waals surface area contributed by atoms with Gasteiger partial charge in [0, 0.05) is 35.6 Å². The van der Waals surface area contributed by atoms with Gasteiger partial charge >= 0.3 is 0 Å². The first-order valence-electron chi connectivity index (χ1n) is 8.57. The number of nitrogens with one attached hydrogen (secondary N) is 1. The Kier molecular flexibility index (Phi) is 7.16. The molecule has 3 rings (SSSR count). The molecule has 0 radical (unpaired) electrons. The summed E-state index contributed by atoms with van der Waals surface area (Å²) in [7, 11) is 0. The average molecular weight is 384 g/mol. The molecule has 2 aliphatic rings. The topological polar surface area (TPSA) is 75.4 Å². The Bertz CT molecular complexity index is 603. The van der Waals surface area contributed by atoms with E-state index in [0.29, 0.717) is 13.0 Å². The Morgan fingerprint density at radius 3 is 2.44 bits per heavy atom. The molecular weight excluding hydrogens is 358 g/mol. The Balaban J connectivity index is 0.00000225. The predicted octanol–water partition coefficient (Wildman–Crippen LogP) is 2.57. The van der Waals surface area contributed by atoms with Crippen LogP contribution in [0, 0.1) is 5.92 Å². The zero-order valence-corrected chi connectivity index (χ0v) is 16.1. The minimum Gasteiger partial charge on any atom is -0.353 e. The fourth-order valence-electron chi connectivity index (χ4n) is 3.48. The number of hydrogen-bond acceptors (Lipinski definition) is 4. The van der Waals surface area contributed by atoms with Crippen molar-refractivity contribution in [2.75, 3.05) is 17.7 Å². The summed E-state index contributed by atoms with van der Waals surface area (Å²) in [6, 6.07) is 8.39. The summed E-state index contributed by atoms with van der Waals surface area (Å²) in [4.78, 5) is 27.7. The third-order valence-corrected chi connectivity index (χ3v) is 5.74. The van der Waals surface area contributed by atoms with Crippen LogP contribution in [-0.2, 0) is 9.59 Å². The van der Waals surface area contributed by atoms with Gasteiger partial charge in [0.1, 0.15) is 0 Å². The van der Waals surface area contributed by atoms with Gasteiger partial charge in [-0.15, -0.1) is 24.2 Å². The predicted molar refractivity (Wildman–Crippen MR) is 104 cm³/mol. The highest BCUT2D eigenvalue weighted by Crippen LogP contribution is 2.27. The maximum atomic E-state index is 12.5. The molecule has 3 N–H and O–H groups in total. The number of nitrogens with two attached hydrogens (primary N) is 1. The maximum absolute atomic E-state index is 12.5. The van der Waals surface area contributed by atoms with Crippen LogP contribution in [-0.4, -0.2) is 36.7 Å². The van der Waals surface area contributed by atoms with E-state index >= 15 is 0 Å². The highest BCUT2D eigenvalue weighted by molar-refractivity contribution is 7.98. The van der Waals surface area contributed by atoms with Crippen molar-refractivity contribution in [1.82, 2.24) is 5.32 Å². The number of benzene rings is 1. The first-order valence-corrected chi connectivity index (χ1v) is 9.79. The van der Waals surface area contributed by atoms with Crippen LogP contribution < -0.4 is 16.0 Å². The average Bonchev–Trinajstić information content (AvgIpc) is 2.99. The molecule has 2 amide bonds. The third kappa shape index (κ3) is 4.90. The molecule has 1 aromatic carbocycles. The highest BCUT2D eigenvalue weighted by atomic mass is 35.5. The van der Waals surface area contributed by atoms with Crippen LogP contribution in [0.5, 0.6) is 0 Å². The van der Waals surface area contributed by atoms with E-state index in [4.69, 9.17) is 5.73 Å². The molecule has 25 heavy (non-hydrogen) atoms. The summed E-state index contributed by atoms with van der Waals surface area (Å²) in [5.41, 5.74) is 6.78. The quantitative estimate of drug-likeness (QED) is 0.783. The van der Waals surface area contributed by atoms with Gasteiger partial charge in [0.05, 0.1) is 5.92 Å². The molecule has 1 aliphatic heterocycles. The summed E-state index contributed by atoms with van der Waals surface area (Å²) >= 11 is 1.67. The number of anilines is 1. The van der Waals surface area contributed by atoms with E-state index in [1.165, 1.54) is 0 Å². The van der Waals surface area contributed by atoms with Gasteiger partial charge in [0.25, 0.3) is 0 Å². The number of rotatable bonds is 4. The summed E-state index contributed by atoms with van der Waals surface area (Å²) in [6.07, 6.45) is 6.11. The van der Waals surface area contributed by atoms with Crippen molar-refractivity contribution in [2.24, 2.45) is 11.7 Å². The van der Waals surface area contributed by atoms with Crippen molar-refractivity contribution >= 4 is 41.7 Å². The zero-order valence-electron chi connectivity index (χ0n) is 14.4. The molecule has 0 spiro atoms. The van der Waals surface area contributed by atoms with E-state index in [2.05, 4.69) is 5.32 Å². The molecule has 1 saturated heterocycles. The second-order valence-electron chi connectivity index (χ2n) is 6.72. The molecule has 0 bridgehead atoms. The van der Waals surface area contributed by atoms with Gasteiger partial charge in [-0.3, -0.25) is 9.59 Å². The Morgan fingerprint density at radius 2 is 1.84 bits per heavy atom. The molecule has 2 fully saturated rings. The fourth-order valence-corrected chi connectivity index (χ4v) is 3.89. The summed E-state index contributed by atoms with van der Waals surface area (Å²) in [5.74, 6) is -0.224. The van der Waals surface area contributed by atoms with Crippen molar-refractivity contribution in [3.8, 4) is 0 Å². The number of thioether (sulfide) groups is 1. The molecular formula is C18H26ClN3O2S. The second-order valence-corrected chi connectivity index (χ2v) is 7.60. The van der Waals surface area contributed by atoms with Crippen molar-refractivity contribution in [3.63, 3.8) is 0 Å². The molecule has 1 aromatic rings. The van der Waals surface area contributed by atoms with Crippen molar-refractivity contribution in [1.29, 1.82) is 0 Å². The molecule has 138 valence electrons. The van der Waals surface area contributed by atoms with Gasteiger partial charge in [-0.05, 0) is 56.2 Å². The number of halogens is 1. The molecule has 1 aliphatic carbocycles. The van der Waals surface area contributed by atoms with Crippen LogP contribution in [0.25, 0.3) is 0 Å². The zero-order chi connectivity index (χ0) is 17.1. The maximum Gasteiger partial charge on any atom is 0.227 e. The van der Waals surface area contributed by atoms with Crippen LogP contribution >= 0.6 is 24.2 Å². The Labute approximate surface area is 159 Å². The number of amides is 2. The monoisotopic (exact) mass is 383 g/mol. The SMILES string of the molecule is CSc1ccc(N2CC(C(=O)NC3CCC(N)CC3)CC2=O)cc1.Cl. The van der Waals surface area contributed by atoms with Gasteiger partial charge in [-0.25, -0.2) is 0 Å². The molecule has 5 nitrogen and oxygen atoms in total. The lowest BCUT2D eigenvalue weighted by Gasteiger charge is -2.27. The summed E-state index contributed by atoms with van der Waals surface area (Å²) in [6.45, 7) is 0.468. The number of nitrogens with zero attached hydrogens (tertiary/aromatic N) is 1. The third-order valence-electron chi connectivity index (χ3n) is 5.00. The Hall–Kier alpha value is -1.24. The van der Waals surface area contributed by atoms with E-state index in [9.17, 15) is 9.59 Å². The molecule has 0 aromatic heterocycles. The van der Waals surface area contributed by atoms with Crippen molar-refractivity contribution in [2.45, 2.75) is 49.1 Å². The highest BCUT2D eigenvalue weighted by Gasteiger charge is 2.36. The molecule has 1 atom stereocenters. The number of carbonyl (C=O) groups excluding carboxylic acids is 2. The van der Waals surface area contributed by atoms with Crippen LogP contribution in [0.3, 0.4) is 0 Å². The van der Waals surface area contributed by atoms with Crippen LogP contribution in [0.2, 0.25) is 0 Å². The number of hydrogen-bond donors (Lipinski definition) is 2. The molecule has 7 heteroatoms. The van der Waals surface area contributed by atoms with Crippen molar-refractivity contribution in [3.05, 3.63) is 24.3 Å². The second kappa shape index (κ2) is 8.92. The lowest BCUT2D eigenvalue weighted by Crippen LogP contribution is -2.43. The lowest BCUT2D eigenvalue weighted by atomic mass is 9.91. The van der Waals surface area contributed by atoms with Gasteiger partial charge in [-0.2, -0.15) is 0 Å². The van der Waals surface area contributed by atoms with Gasteiger partial charge in [-0.1, -0.05) is 0 Å². The smallest absolute Gasteiger partial charge is 0.227 e. The first-order chi connectivity index (χ1) is 11.6. The normalized spacial score (nSPS) is 26.2.